The van der Waals surface area contributed by atoms with E-state index in [4.69, 9.17) is 4.42 Å². The van der Waals surface area contributed by atoms with Gasteiger partial charge >= 0.3 is 5.63 Å². The van der Waals surface area contributed by atoms with Crippen LogP contribution in [0.25, 0.3) is 0 Å². The van der Waals surface area contributed by atoms with Crippen LogP contribution in [0.2, 0.25) is 0 Å². The number of rotatable bonds is 12. The van der Waals surface area contributed by atoms with Crippen LogP contribution in [0.1, 0.15) is 95.4 Å². The molecule has 3 heteroatoms. The molecule has 0 unspecified atom stereocenters. The number of hydrogen-bond donors (Lipinski definition) is 1. The van der Waals surface area contributed by atoms with Crippen LogP contribution < -0.4 is 5.63 Å². The highest BCUT2D eigenvalue weighted by molar-refractivity contribution is 5.40. The highest BCUT2D eigenvalue weighted by atomic mass is 16.4. The zero-order valence-corrected chi connectivity index (χ0v) is 15.2. The van der Waals surface area contributed by atoms with Crippen molar-refractivity contribution in [3.63, 3.8) is 0 Å². The average molecular weight is 322 g/mol. The van der Waals surface area contributed by atoms with E-state index in [0.717, 1.165) is 62.7 Å². The fourth-order valence-electron chi connectivity index (χ4n) is 2.92. The molecule has 0 aromatic carbocycles. The summed E-state index contributed by atoms with van der Waals surface area (Å²) < 4.78 is 5.61. The van der Waals surface area contributed by atoms with Crippen LogP contribution in [0, 0.1) is 0 Å². The molecule has 132 valence electrons. The molecule has 0 spiro atoms. The fraction of sp³-hybridized carbons (Fsp3) is 0.750. The molecule has 23 heavy (non-hydrogen) atoms. The summed E-state index contributed by atoms with van der Waals surface area (Å²) in [5.41, 5.74) is 1.03. The van der Waals surface area contributed by atoms with Gasteiger partial charge in [-0.2, -0.15) is 0 Å². The second kappa shape index (κ2) is 11.3. The molecular formula is C20H34O3. The van der Waals surface area contributed by atoms with Crippen molar-refractivity contribution in [2.75, 3.05) is 0 Å². The largest absolute Gasteiger partial charge is 0.507 e. The molecule has 0 aliphatic heterocycles. The van der Waals surface area contributed by atoms with Crippen molar-refractivity contribution in [1.29, 1.82) is 0 Å². The molecule has 0 aliphatic carbocycles. The van der Waals surface area contributed by atoms with Crippen molar-refractivity contribution >= 4 is 0 Å². The Morgan fingerprint density at radius 3 is 1.91 bits per heavy atom. The minimum Gasteiger partial charge on any atom is -0.507 e. The molecule has 0 bridgehead atoms. The van der Waals surface area contributed by atoms with Crippen LogP contribution in [0.5, 0.6) is 5.75 Å². The molecule has 3 nitrogen and oxygen atoms in total. The van der Waals surface area contributed by atoms with Gasteiger partial charge in [0.15, 0.2) is 0 Å². The molecule has 0 saturated carbocycles. The predicted octanol–water partition coefficient (Wildman–Crippen LogP) is 5.54. The first-order chi connectivity index (χ1) is 11.2. The zero-order chi connectivity index (χ0) is 17.1. The van der Waals surface area contributed by atoms with Gasteiger partial charge in [0.05, 0.1) is 5.56 Å². The minimum absolute atomic E-state index is 0.215. The SMILES string of the molecule is CCCCCCCc1oc(=O)c(CCCC)c(O)c1CCCC. The second-order valence-electron chi connectivity index (χ2n) is 6.49. The van der Waals surface area contributed by atoms with E-state index in [1.165, 1.54) is 19.3 Å². The van der Waals surface area contributed by atoms with Gasteiger partial charge in [-0.15, -0.1) is 0 Å². The van der Waals surface area contributed by atoms with E-state index in [0.29, 0.717) is 12.0 Å². The third-order valence-electron chi connectivity index (χ3n) is 4.44. The van der Waals surface area contributed by atoms with Crippen LogP contribution in [0.15, 0.2) is 9.21 Å². The summed E-state index contributed by atoms with van der Waals surface area (Å²) in [5, 5.41) is 10.6. The monoisotopic (exact) mass is 322 g/mol. The van der Waals surface area contributed by atoms with Crippen LogP contribution in [-0.4, -0.2) is 5.11 Å². The lowest BCUT2D eigenvalue weighted by atomic mass is 9.98. The van der Waals surface area contributed by atoms with Gasteiger partial charge in [-0.1, -0.05) is 59.3 Å². The van der Waals surface area contributed by atoms with Crippen molar-refractivity contribution in [3.05, 3.63) is 27.3 Å². The topological polar surface area (TPSA) is 50.4 Å². The Balaban J connectivity index is 2.91. The van der Waals surface area contributed by atoms with E-state index in [-0.39, 0.29) is 11.4 Å². The Bertz CT molecular complexity index is 502. The average Bonchev–Trinajstić information content (AvgIpc) is 2.54. The molecule has 0 radical (unpaired) electrons. The van der Waals surface area contributed by atoms with E-state index in [2.05, 4.69) is 20.8 Å². The molecule has 0 fully saturated rings. The standard InChI is InChI=1S/C20H34O3/c1-4-7-10-11-12-15-18-16(13-8-5-2)19(21)17(14-9-6-3)20(22)23-18/h21H,4-15H2,1-3H3. The third kappa shape index (κ3) is 6.40. The summed E-state index contributed by atoms with van der Waals surface area (Å²) >= 11 is 0. The molecule has 0 saturated heterocycles. The van der Waals surface area contributed by atoms with Gasteiger partial charge in [0.2, 0.25) is 0 Å². The molecule has 1 heterocycles. The maximum atomic E-state index is 12.2. The first kappa shape index (κ1) is 19.8. The van der Waals surface area contributed by atoms with Crippen molar-refractivity contribution in [2.24, 2.45) is 0 Å². The number of unbranched alkanes of at least 4 members (excludes halogenated alkanes) is 6. The predicted molar refractivity (Wildman–Crippen MR) is 96.3 cm³/mol. The molecule has 1 N–H and O–H groups in total. The van der Waals surface area contributed by atoms with Crippen LogP contribution >= 0.6 is 0 Å². The van der Waals surface area contributed by atoms with Crippen molar-refractivity contribution < 1.29 is 9.52 Å². The summed E-state index contributed by atoms with van der Waals surface area (Å²) in [6.45, 7) is 6.43. The smallest absolute Gasteiger partial charge is 0.342 e. The summed E-state index contributed by atoms with van der Waals surface area (Å²) in [6, 6.07) is 0. The maximum absolute atomic E-state index is 12.2. The van der Waals surface area contributed by atoms with Crippen molar-refractivity contribution in [3.8, 4) is 5.75 Å². The van der Waals surface area contributed by atoms with Gasteiger partial charge in [0, 0.05) is 12.0 Å². The Morgan fingerprint density at radius 1 is 0.739 bits per heavy atom. The number of aromatic hydroxyl groups is 1. The molecule has 0 aliphatic rings. The minimum atomic E-state index is -0.334. The number of aryl methyl sites for hydroxylation is 1. The van der Waals surface area contributed by atoms with Crippen LogP contribution in [0.4, 0.5) is 0 Å². The van der Waals surface area contributed by atoms with Gasteiger partial charge < -0.3 is 9.52 Å². The molecule has 1 aromatic heterocycles. The zero-order valence-electron chi connectivity index (χ0n) is 15.2. The molecule has 1 rings (SSSR count). The van der Waals surface area contributed by atoms with Gasteiger partial charge in [-0.25, -0.2) is 4.79 Å². The van der Waals surface area contributed by atoms with Crippen LogP contribution in [0.3, 0.4) is 0 Å². The molecule has 0 atom stereocenters. The lowest BCUT2D eigenvalue weighted by Gasteiger charge is -2.13. The Labute approximate surface area is 141 Å². The normalized spacial score (nSPS) is 11.1. The lowest BCUT2D eigenvalue weighted by molar-refractivity contribution is 0.394. The first-order valence-electron chi connectivity index (χ1n) is 9.52. The lowest BCUT2D eigenvalue weighted by Crippen LogP contribution is -2.13. The first-order valence-corrected chi connectivity index (χ1v) is 9.52. The Kier molecular flexibility index (Phi) is 9.74. The van der Waals surface area contributed by atoms with Crippen molar-refractivity contribution in [1.82, 2.24) is 0 Å². The maximum Gasteiger partial charge on any atom is 0.342 e. The molecule has 0 amide bonds. The Hall–Kier alpha value is -1.25. The molecule has 1 aromatic rings. The van der Waals surface area contributed by atoms with E-state index in [1.54, 1.807) is 0 Å². The highest BCUT2D eigenvalue weighted by Gasteiger charge is 2.18. The van der Waals surface area contributed by atoms with E-state index in [9.17, 15) is 9.90 Å². The van der Waals surface area contributed by atoms with E-state index in [1.807, 2.05) is 0 Å². The number of hydrogen-bond acceptors (Lipinski definition) is 3. The fourth-order valence-corrected chi connectivity index (χ4v) is 2.92. The quantitative estimate of drug-likeness (QED) is 0.514. The van der Waals surface area contributed by atoms with Crippen molar-refractivity contribution in [2.45, 2.75) is 97.8 Å². The van der Waals surface area contributed by atoms with Gasteiger partial charge in [0.25, 0.3) is 0 Å². The van der Waals surface area contributed by atoms with Gasteiger partial charge in [-0.05, 0) is 32.1 Å². The molecular weight excluding hydrogens is 288 g/mol. The summed E-state index contributed by atoms with van der Waals surface area (Å²) in [6.07, 6.45) is 12.1. The van der Waals surface area contributed by atoms with Crippen LogP contribution in [-0.2, 0) is 19.3 Å². The van der Waals surface area contributed by atoms with Gasteiger partial charge in [-0.3, -0.25) is 0 Å². The summed E-state index contributed by atoms with van der Waals surface area (Å²) in [7, 11) is 0. The summed E-state index contributed by atoms with van der Waals surface area (Å²) in [5.74, 6) is 0.935. The highest BCUT2D eigenvalue weighted by Crippen LogP contribution is 2.27. The van der Waals surface area contributed by atoms with E-state index >= 15 is 0 Å². The van der Waals surface area contributed by atoms with E-state index < -0.39 is 0 Å². The summed E-state index contributed by atoms with van der Waals surface area (Å²) in [4.78, 5) is 12.2. The second-order valence-corrected chi connectivity index (χ2v) is 6.49. The Morgan fingerprint density at radius 2 is 1.30 bits per heavy atom. The third-order valence-corrected chi connectivity index (χ3v) is 4.44. The van der Waals surface area contributed by atoms with Gasteiger partial charge in [0.1, 0.15) is 11.5 Å².